The maximum absolute atomic E-state index is 13.1. The second-order valence-electron chi connectivity index (χ2n) is 7.62. The van der Waals surface area contributed by atoms with Crippen LogP contribution in [0.3, 0.4) is 0 Å². The van der Waals surface area contributed by atoms with Crippen molar-refractivity contribution in [2.45, 2.75) is 32.2 Å². The number of aryl methyl sites for hydroxylation is 1. The zero-order valence-electron chi connectivity index (χ0n) is 16.9. The Morgan fingerprint density at radius 2 is 1.73 bits per heavy atom. The fourth-order valence-corrected chi connectivity index (χ4v) is 5.15. The minimum atomic E-state index is -2.97. The second kappa shape index (κ2) is 8.44. The van der Waals surface area contributed by atoms with E-state index in [0.29, 0.717) is 24.1 Å². The molecule has 1 N–H and O–H groups in total. The summed E-state index contributed by atoms with van der Waals surface area (Å²) in [5, 5.41) is 7.72. The van der Waals surface area contributed by atoms with E-state index in [-0.39, 0.29) is 23.5 Å². The van der Waals surface area contributed by atoms with Crippen LogP contribution in [-0.4, -0.2) is 41.7 Å². The van der Waals surface area contributed by atoms with Gasteiger partial charge in [0.1, 0.15) is 15.5 Å². The molecule has 1 aromatic heterocycles. The summed E-state index contributed by atoms with van der Waals surface area (Å²) in [5.74, 6) is 0.00936. The van der Waals surface area contributed by atoms with Gasteiger partial charge in [0.25, 0.3) is 5.91 Å². The summed E-state index contributed by atoms with van der Waals surface area (Å²) < 4.78 is 25.1. The number of carbonyl (C=O) groups excluding carboxylic acids is 1. The molecule has 6 nitrogen and oxygen atoms in total. The van der Waals surface area contributed by atoms with Gasteiger partial charge in [-0.05, 0) is 37.0 Å². The molecule has 0 unspecified atom stereocenters. The average Bonchev–Trinajstić information content (AvgIpc) is 3.22. The largest absolute Gasteiger partial charge is 0.349 e. The van der Waals surface area contributed by atoms with Crippen molar-refractivity contribution in [3.63, 3.8) is 0 Å². The molecule has 1 aliphatic rings. The minimum absolute atomic E-state index is 0.118. The molecule has 4 rings (SSSR count). The van der Waals surface area contributed by atoms with Crippen LogP contribution in [0.1, 0.15) is 35.7 Å². The van der Waals surface area contributed by atoms with Crippen molar-refractivity contribution < 1.29 is 13.2 Å². The second-order valence-corrected chi connectivity index (χ2v) is 9.93. The van der Waals surface area contributed by atoms with Crippen LogP contribution in [0.25, 0.3) is 16.9 Å². The molecule has 0 spiro atoms. The highest BCUT2D eigenvalue weighted by Gasteiger charge is 2.27. The van der Waals surface area contributed by atoms with Crippen LogP contribution >= 0.6 is 0 Å². The number of nitrogens with zero attached hydrogens (tertiary/aromatic N) is 2. The van der Waals surface area contributed by atoms with Gasteiger partial charge in [0.05, 0.1) is 22.8 Å². The molecule has 1 amide bonds. The number of carbonyl (C=O) groups is 1. The van der Waals surface area contributed by atoms with E-state index in [2.05, 4.69) is 12.2 Å². The van der Waals surface area contributed by atoms with Gasteiger partial charge in [0.2, 0.25) is 0 Å². The van der Waals surface area contributed by atoms with Crippen molar-refractivity contribution in [1.29, 1.82) is 0 Å². The summed E-state index contributed by atoms with van der Waals surface area (Å²) in [4.78, 5) is 13.1. The van der Waals surface area contributed by atoms with Crippen molar-refractivity contribution in [3.8, 4) is 16.9 Å². The summed E-state index contributed by atoms with van der Waals surface area (Å²) >= 11 is 0. The lowest BCUT2D eigenvalue weighted by Crippen LogP contribution is -2.40. The van der Waals surface area contributed by atoms with Gasteiger partial charge >= 0.3 is 0 Å². The molecule has 7 heteroatoms. The monoisotopic (exact) mass is 423 g/mol. The molecule has 0 atom stereocenters. The third kappa shape index (κ3) is 4.46. The van der Waals surface area contributed by atoms with Crippen LogP contribution in [0, 0.1) is 0 Å². The number of para-hydroxylation sites is 1. The molecule has 30 heavy (non-hydrogen) atoms. The Morgan fingerprint density at radius 1 is 1.07 bits per heavy atom. The number of aromatic nitrogens is 2. The Labute approximate surface area is 176 Å². The van der Waals surface area contributed by atoms with Crippen LogP contribution < -0.4 is 5.32 Å². The summed E-state index contributed by atoms with van der Waals surface area (Å²) in [6.45, 7) is 2.10. The van der Waals surface area contributed by atoms with Gasteiger partial charge in [-0.2, -0.15) is 5.10 Å². The van der Waals surface area contributed by atoms with Crippen molar-refractivity contribution in [2.75, 3.05) is 11.5 Å². The molecule has 2 aromatic carbocycles. The zero-order valence-corrected chi connectivity index (χ0v) is 17.7. The maximum atomic E-state index is 13.1. The Morgan fingerprint density at radius 3 is 2.37 bits per heavy atom. The number of hydrogen-bond donors (Lipinski definition) is 1. The summed E-state index contributed by atoms with van der Waals surface area (Å²) in [5.41, 5.74) is 4.06. The molecule has 0 bridgehead atoms. The van der Waals surface area contributed by atoms with Gasteiger partial charge in [-0.25, -0.2) is 13.1 Å². The number of amides is 1. The molecule has 0 saturated carbocycles. The quantitative estimate of drug-likeness (QED) is 0.682. The van der Waals surface area contributed by atoms with E-state index >= 15 is 0 Å². The first-order valence-corrected chi connectivity index (χ1v) is 12.0. The van der Waals surface area contributed by atoms with Gasteiger partial charge in [-0.3, -0.25) is 4.79 Å². The number of hydrogen-bond acceptors (Lipinski definition) is 4. The SMILES string of the molecule is CCc1ccc(-c2nn(-c3ccccc3)cc2C(=O)NC2CCS(=O)(=O)CC2)cc1. The third-order valence-electron chi connectivity index (χ3n) is 5.51. The van der Waals surface area contributed by atoms with Crippen LogP contribution in [0.2, 0.25) is 0 Å². The first-order valence-electron chi connectivity index (χ1n) is 10.2. The normalized spacial score (nSPS) is 16.3. The third-order valence-corrected chi connectivity index (χ3v) is 7.22. The van der Waals surface area contributed by atoms with Gasteiger partial charge in [0.15, 0.2) is 0 Å². The number of benzene rings is 2. The summed E-state index contributed by atoms with van der Waals surface area (Å²) in [6, 6.07) is 17.6. The van der Waals surface area contributed by atoms with Crippen LogP contribution in [-0.2, 0) is 16.3 Å². The molecule has 0 radical (unpaired) electrons. The van der Waals surface area contributed by atoms with E-state index in [1.807, 2.05) is 54.6 Å². The number of sulfone groups is 1. The fraction of sp³-hybridized carbons (Fsp3) is 0.304. The highest BCUT2D eigenvalue weighted by atomic mass is 32.2. The van der Waals surface area contributed by atoms with Gasteiger partial charge in [-0.15, -0.1) is 0 Å². The summed E-state index contributed by atoms with van der Waals surface area (Å²) in [6.07, 6.45) is 3.58. The Balaban J connectivity index is 1.66. The summed E-state index contributed by atoms with van der Waals surface area (Å²) in [7, 11) is -2.97. The molecular weight excluding hydrogens is 398 g/mol. The van der Waals surface area contributed by atoms with Crippen LogP contribution in [0.5, 0.6) is 0 Å². The first kappa shape index (κ1) is 20.3. The van der Waals surface area contributed by atoms with Crippen molar-refractivity contribution in [3.05, 3.63) is 71.9 Å². The van der Waals surface area contributed by atoms with Crippen molar-refractivity contribution in [1.82, 2.24) is 15.1 Å². The van der Waals surface area contributed by atoms with Crippen molar-refractivity contribution in [2.24, 2.45) is 0 Å². The maximum Gasteiger partial charge on any atom is 0.255 e. The van der Waals surface area contributed by atoms with E-state index in [4.69, 9.17) is 5.10 Å². The molecule has 156 valence electrons. The van der Waals surface area contributed by atoms with E-state index in [0.717, 1.165) is 17.7 Å². The lowest BCUT2D eigenvalue weighted by Gasteiger charge is -2.22. The lowest BCUT2D eigenvalue weighted by atomic mass is 10.0. The van der Waals surface area contributed by atoms with E-state index in [9.17, 15) is 13.2 Å². The Kier molecular flexibility index (Phi) is 5.72. The number of nitrogens with one attached hydrogen (secondary N) is 1. The lowest BCUT2D eigenvalue weighted by molar-refractivity contribution is 0.0935. The van der Waals surface area contributed by atoms with Gasteiger partial charge < -0.3 is 5.32 Å². The molecule has 1 saturated heterocycles. The topological polar surface area (TPSA) is 81.1 Å². The van der Waals surface area contributed by atoms with E-state index < -0.39 is 9.84 Å². The number of rotatable bonds is 5. The molecule has 0 aliphatic carbocycles. The van der Waals surface area contributed by atoms with Gasteiger partial charge in [0, 0.05) is 17.8 Å². The fourth-order valence-electron chi connectivity index (χ4n) is 3.66. The Bertz CT molecular complexity index is 1120. The van der Waals surface area contributed by atoms with Gasteiger partial charge in [-0.1, -0.05) is 49.4 Å². The van der Waals surface area contributed by atoms with Crippen LogP contribution in [0.15, 0.2) is 60.8 Å². The molecule has 2 heterocycles. The highest BCUT2D eigenvalue weighted by molar-refractivity contribution is 7.91. The molecule has 3 aromatic rings. The van der Waals surface area contributed by atoms with E-state index in [1.165, 1.54) is 5.56 Å². The van der Waals surface area contributed by atoms with Crippen LogP contribution in [0.4, 0.5) is 0 Å². The smallest absolute Gasteiger partial charge is 0.255 e. The van der Waals surface area contributed by atoms with E-state index in [1.54, 1.807) is 10.9 Å². The molecule has 1 aliphatic heterocycles. The molecular formula is C23H25N3O3S. The minimum Gasteiger partial charge on any atom is -0.349 e. The average molecular weight is 424 g/mol. The molecule has 1 fully saturated rings. The Hall–Kier alpha value is -2.93. The first-order chi connectivity index (χ1) is 14.4. The van der Waals surface area contributed by atoms with Crippen molar-refractivity contribution >= 4 is 15.7 Å². The highest BCUT2D eigenvalue weighted by Crippen LogP contribution is 2.25. The predicted molar refractivity (Wildman–Crippen MR) is 118 cm³/mol. The standard InChI is InChI=1S/C23H25N3O3S/c1-2-17-8-10-18(11-9-17)22-21(16-26(25-22)20-6-4-3-5-7-20)23(27)24-19-12-14-30(28,29)15-13-19/h3-11,16,19H,2,12-15H2,1H3,(H,24,27). The predicted octanol–water partition coefficient (Wildman–Crippen LogP) is 3.41. The zero-order chi connectivity index (χ0) is 21.1.